The van der Waals surface area contributed by atoms with Crippen molar-refractivity contribution in [1.29, 1.82) is 0 Å². The standard InChI is InChI=1S/C21H20O4/c1-4-14-5-9-16(10-6-14)17-11-7-15(8-12-17)13-18-19(22)24-21(2,3)25-20(18)23/h5-13H,4H2,1-3H3. The Morgan fingerprint density at radius 2 is 1.32 bits per heavy atom. The number of cyclic esters (lactones) is 2. The maximum absolute atomic E-state index is 12.0. The summed E-state index contributed by atoms with van der Waals surface area (Å²) in [6.45, 7) is 5.18. The number of rotatable bonds is 3. The monoisotopic (exact) mass is 336 g/mol. The van der Waals surface area contributed by atoms with Gasteiger partial charge in [-0.2, -0.15) is 0 Å². The molecule has 0 unspecified atom stereocenters. The molecule has 2 aromatic carbocycles. The molecule has 1 fully saturated rings. The van der Waals surface area contributed by atoms with E-state index in [2.05, 4.69) is 31.2 Å². The highest BCUT2D eigenvalue weighted by Gasteiger charge is 2.38. The number of benzene rings is 2. The summed E-state index contributed by atoms with van der Waals surface area (Å²) in [6, 6.07) is 16.0. The van der Waals surface area contributed by atoms with Gasteiger partial charge in [-0.1, -0.05) is 55.5 Å². The highest BCUT2D eigenvalue weighted by atomic mass is 16.7. The van der Waals surface area contributed by atoms with Crippen LogP contribution in [0.15, 0.2) is 54.1 Å². The first-order valence-corrected chi connectivity index (χ1v) is 8.26. The van der Waals surface area contributed by atoms with Gasteiger partial charge in [-0.05, 0) is 34.8 Å². The molecule has 4 nitrogen and oxygen atoms in total. The first kappa shape index (κ1) is 17.0. The molecule has 128 valence electrons. The lowest BCUT2D eigenvalue weighted by Gasteiger charge is -2.29. The molecule has 0 N–H and O–H groups in total. The highest BCUT2D eigenvalue weighted by molar-refractivity contribution is 6.18. The fourth-order valence-electron chi connectivity index (χ4n) is 2.65. The Labute approximate surface area is 147 Å². The molecule has 1 heterocycles. The molecule has 2 aromatic rings. The molecule has 3 rings (SSSR count). The van der Waals surface area contributed by atoms with Crippen molar-refractivity contribution in [3.05, 3.63) is 65.2 Å². The first-order valence-electron chi connectivity index (χ1n) is 8.26. The summed E-state index contributed by atoms with van der Waals surface area (Å²) in [4.78, 5) is 24.0. The van der Waals surface area contributed by atoms with Crippen LogP contribution in [-0.2, 0) is 25.5 Å². The molecule has 0 saturated carbocycles. The van der Waals surface area contributed by atoms with Crippen LogP contribution < -0.4 is 0 Å². The van der Waals surface area contributed by atoms with Crippen molar-refractivity contribution in [1.82, 2.24) is 0 Å². The van der Waals surface area contributed by atoms with Gasteiger partial charge in [0.15, 0.2) is 0 Å². The Hall–Kier alpha value is -2.88. The van der Waals surface area contributed by atoms with Gasteiger partial charge in [-0.25, -0.2) is 9.59 Å². The molecule has 0 radical (unpaired) electrons. The lowest BCUT2D eigenvalue weighted by atomic mass is 10.0. The summed E-state index contributed by atoms with van der Waals surface area (Å²) in [6.07, 6.45) is 2.50. The van der Waals surface area contributed by atoms with E-state index in [0.717, 1.165) is 23.1 Å². The van der Waals surface area contributed by atoms with Gasteiger partial charge in [0, 0.05) is 13.8 Å². The summed E-state index contributed by atoms with van der Waals surface area (Å²) in [5.74, 6) is -2.55. The van der Waals surface area contributed by atoms with Crippen molar-refractivity contribution in [3.63, 3.8) is 0 Å². The second kappa shape index (κ2) is 6.55. The van der Waals surface area contributed by atoms with Crippen LogP contribution in [0, 0.1) is 0 Å². The van der Waals surface area contributed by atoms with Crippen molar-refractivity contribution in [3.8, 4) is 11.1 Å². The Morgan fingerprint density at radius 3 is 1.80 bits per heavy atom. The Balaban J connectivity index is 1.82. The maximum Gasteiger partial charge on any atom is 0.348 e. The zero-order valence-corrected chi connectivity index (χ0v) is 14.5. The number of hydrogen-bond acceptors (Lipinski definition) is 4. The highest BCUT2D eigenvalue weighted by Crippen LogP contribution is 2.25. The second-order valence-electron chi connectivity index (χ2n) is 6.41. The minimum atomic E-state index is -1.22. The van der Waals surface area contributed by atoms with E-state index < -0.39 is 17.7 Å². The van der Waals surface area contributed by atoms with E-state index >= 15 is 0 Å². The van der Waals surface area contributed by atoms with E-state index in [1.54, 1.807) is 0 Å². The zero-order chi connectivity index (χ0) is 18.0. The molecule has 1 aliphatic heterocycles. The molecule has 0 aromatic heterocycles. The summed E-state index contributed by atoms with van der Waals surface area (Å²) >= 11 is 0. The van der Waals surface area contributed by atoms with E-state index in [0.29, 0.717) is 0 Å². The van der Waals surface area contributed by atoms with E-state index in [9.17, 15) is 9.59 Å². The van der Waals surface area contributed by atoms with Crippen LogP contribution in [0.1, 0.15) is 31.9 Å². The van der Waals surface area contributed by atoms with Gasteiger partial charge in [0.25, 0.3) is 5.79 Å². The largest absolute Gasteiger partial charge is 0.419 e. The number of ether oxygens (including phenoxy) is 2. The number of carbonyl (C=O) groups is 2. The summed E-state index contributed by atoms with van der Waals surface area (Å²) in [5, 5.41) is 0. The van der Waals surface area contributed by atoms with Gasteiger partial charge >= 0.3 is 11.9 Å². The molecule has 1 saturated heterocycles. The van der Waals surface area contributed by atoms with E-state index in [4.69, 9.17) is 9.47 Å². The molecule has 0 spiro atoms. The Morgan fingerprint density at radius 1 is 0.840 bits per heavy atom. The minimum Gasteiger partial charge on any atom is -0.419 e. The van der Waals surface area contributed by atoms with Crippen molar-refractivity contribution in [2.75, 3.05) is 0 Å². The van der Waals surface area contributed by atoms with Gasteiger partial charge in [-0.3, -0.25) is 0 Å². The van der Waals surface area contributed by atoms with Gasteiger partial charge in [-0.15, -0.1) is 0 Å². The van der Waals surface area contributed by atoms with E-state index in [1.165, 1.54) is 25.5 Å². The third kappa shape index (κ3) is 3.79. The predicted molar refractivity (Wildman–Crippen MR) is 95.5 cm³/mol. The van der Waals surface area contributed by atoms with Crippen molar-refractivity contribution in [2.45, 2.75) is 33.0 Å². The molecule has 1 aliphatic rings. The fourth-order valence-corrected chi connectivity index (χ4v) is 2.65. The second-order valence-corrected chi connectivity index (χ2v) is 6.41. The van der Waals surface area contributed by atoms with E-state index in [-0.39, 0.29) is 5.57 Å². The van der Waals surface area contributed by atoms with Gasteiger partial charge in [0.05, 0.1) is 0 Å². The van der Waals surface area contributed by atoms with Crippen LogP contribution >= 0.6 is 0 Å². The fraction of sp³-hybridized carbons (Fsp3) is 0.238. The smallest absolute Gasteiger partial charge is 0.348 e. The number of esters is 2. The van der Waals surface area contributed by atoms with Crippen molar-refractivity contribution in [2.24, 2.45) is 0 Å². The number of aryl methyl sites for hydroxylation is 1. The molecular weight excluding hydrogens is 316 g/mol. The van der Waals surface area contributed by atoms with Gasteiger partial charge in [0.2, 0.25) is 0 Å². The third-order valence-corrected chi connectivity index (χ3v) is 4.03. The molecule has 25 heavy (non-hydrogen) atoms. The third-order valence-electron chi connectivity index (χ3n) is 4.03. The predicted octanol–water partition coefficient (Wildman–Crippen LogP) is 4.14. The Bertz CT molecular complexity index is 805. The SMILES string of the molecule is CCc1ccc(-c2ccc(C=C3C(=O)OC(C)(C)OC3=O)cc2)cc1. The van der Waals surface area contributed by atoms with Crippen LogP contribution in [-0.4, -0.2) is 17.7 Å². The van der Waals surface area contributed by atoms with Crippen LogP contribution in [0.25, 0.3) is 17.2 Å². The average Bonchev–Trinajstić information content (AvgIpc) is 2.58. The van der Waals surface area contributed by atoms with Crippen LogP contribution in [0.4, 0.5) is 0 Å². The van der Waals surface area contributed by atoms with Gasteiger partial charge < -0.3 is 9.47 Å². The molecular formula is C21H20O4. The molecule has 0 aliphatic carbocycles. The van der Waals surface area contributed by atoms with Crippen LogP contribution in [0.2, 0.25) is 0 Å². The lowest BCUT2D eigenvalue weighted by molar-refractivity contribution is -0.222. The quantitative estimate of drug-likeness (QED) is 0.480. The average molecular weight is 336 g/mol. The molecule has 4 heteroatoms. The Kier molecular flexibility index (Phi) is 4.45. The van der Waals surface area contributed by atoms with Crippen LogP contribution in [0.5, 0.6) is 0 Å². The number of hydrogen-bond donors (Lipinski definition) is 0. The molecule has 0 bridgehead atoms. The van der Waals surface area contributed by atoms with E-state index in [1.807, 2.05) is 24.3 Å². The van der Waals surface area contributed by atoms with Crippen molar-refractivity contribution < 1.29 is 19.1 Å². The minimum absolute atomic E-state index is 0.0978. The summed E-state index contributed by atoms with van der Waals surface area (Å²) < 4.78 is 10.2. The molecule has 0 amide bonds. The van der Waals surface area contributed by atoms with Crippen LogP contribution in [0.3, 0.4) is 0 Å². The first-order chi connectivity index (χ1) is 11.9. The topological polar surface area (TPSA) is 52.6 Å². The zero-order valence-electron chi connectivity index (χ0n) is 14.5. The summed E-state index contributed by atoms with van der Waals surface area (Å²) in [7, 11) is 0. The molecule has 0 atom stereocenters. The van der Waals surface area contributed by atoms with Gasteiger partial charge in [0.1, 0.15) is 5.57 Å². The van der Waals surface area contributed by atoms with Crippen molar-refractivity contribution >= 4 is 18.0 Å². The lowest BCUT2D eigenvalue weighted by Crippen LogP contribution is -2.41. The summed E-state index contributed by atoms with van der Waals surface area (Å²) in [5.41, 5.74) is 4.12. The number of carbonyl (C=O) groups excluding carboxylic acids is 2. The normalized spacial score (nSPS) is 16.2. The maximum atomic E-state index is 12.0.